The fourth-order valence-electron chi connectivity index (χ4n) is 2.98. The van der Waals surface area contributed by atoms with Crippen molar-refractivity contribution in [3.8, 4) is 5.75 Å². The summed E-state index contributed by atoms with van der Waals surface area (Å²) < 4.78 is 32.8. The number of rotatable bonds is 2. The summed E-state index contributed by atoms with van der Waals surface area (Å²) in [5.41, 5.74) is 1.12. The molecular formula is C15H14N2O4S2. The van der Waals surface area contributed by atoms with Gasteiger partial charge in [-0.25, -0.2) is 13.2 Å². The Labute approximate surface area is 137 Å². The molecule has 120 valence electrons. The molecule has 23 heavy (non-hydrogen) atoms. The number of sulfonamides is 1. The van der Waals surface area contributed by atoms with Gasteiger partial charge in [-0.15, -0.1) is 0 Å². The minimum atomic E-state index is -3.59. The van der Waals surface area contributed by atoms with E-state index in [0.29, 0.717) is 11.3 Å². The first kappa shape index (κ1) is 14.7. The summed E-state index contributed by atoms with van der Waals surface area (Å²) >= 11 is 1.40. The van der Waals surface area contributed by atoms with Crippen LogP contribution < -0.4 is 14.4 Å². The normalized spacial score (nSPS) is 21.6. The van der Waals surface area contributed by atoms with E-state index in [4.69, 9.17) is 4.74 Å². The number of carbonyl (C=O) groups excluding carboxylic acids is 1. The summed E-state index contributed by atoms with van der Waals surface area (Å²) in [7, 11) is -3.59. The molecule has 4 rings (SSSR count). The minimum Gasteiger partial charge on any atom is -0.423 e. The van der Waals surface area contributed by atoms with E-state index in [1.807, 2.05) is 4.90 Å². The number of nitrogens with one attached hydrogen (secondary N) is 1. The number of hydrogen-bond donors (Lipinski definition) is 1. The highest BCUT2D eigenvalue weighted by Gasteiger charge is 2.37. The predicted octanol–water partition coefficient (Wildman–Crippen LogP) is 2.19. The smallest absolute Gasteiger partial charge is 0.344 e. The van der Waals surface area contributed by atoms with E-state index in [0.717, 1.165) is 19.4 Å². The first-order valence-electron chi connectivity index (χ1n) is 7.22. The zero-order valence-corrected chi connectivity index (χ0v) is 13.7. The molecule has 0 aliphatic carbocycles. The van der Waals surface area contributed by atoms with Gasteiger partial charge in [0.1, 0.15) is 10.6 Å². The van der Waals surface area contributed by atoms with Gasteiger partial charge in [0.15, 0.2) is 0 Å². The number of benzene rings is 1. The molecule has 1 atom stereocenters. The largest absolute Gasteiger partial charge is 0.423 e. The molecule has 2 aliphatic heterocycles. The Kier molecular flexibility index (Phi) is 3.40. The Morgan fingerprint density at radius 2 is 2.22 bits per heavy atom. The number of nitrogens with zero attached hydrogens (tertiary/aromatic N) is 1. The topological polar surface area (TPSA) is 75.7 Å². The Morgan fingerprint density at radius 3 is 3.00 bits per heavy atom. The lowest BCUT2D eigenvalue weighted by atomic mass is 10.2. The fourth-order valence-corrected chi connectivity index (χ4v) is 5.06. The number of esters is 1. The lowest BCUT2D eigenvalue weighted by molar-refractivity contribution is 0.0735. The van der Waals surface area contributed by atoms with Crippen molar-refractivity contribution in [2.24, 2.45) is 0 Å². The van der Waals surface area contributed by atoms with E-state index in [1.54, 1.807) is 29.0 Å². The first-order chi connectivity index (χ1) is 11.0. The molecule has 2 aliphatic rings. The maximum Gasteiger partial charge on any atom is 0.344 e. The maximum absolute atomic E-state index is 12.4. The van der Waals surface area contributed by atoms with Gasteiger partial charge in [0.2, 0.25) is 10.0 Å². The number of thiophene rings is 1. The average molecular weight is 350 g/mol. The van der Waals surface area contributed by atoms with E-state index in [2.05, 4.69) is 4.72 Å². The second-order valence-corrected chi connectivity index (χ2v) is 7.97. The van der Waals surface area contributed by atoms with Crippen molar-refractivity contribution in [2.45, 2.75) is 23.9 Å². The van der Waals surface area contributed by atoms with E-state index < -0.39 is 16.0 Å². The highest BCUT2D eigenvalue weighted by atomic mass is 32.2. The molecule has 8 heteroatoms. The van der Waals surface area contributed by atoms with Gasteiger partial charge >= 0.3 is 5.97 Å². The number of fused-ring (bicyclic) bond motifs is 3. The molecule has 2 aromatic rings. The number of carbonyl (C=O) groups is 1. The van der Waals surface area contributed by atoms with Gasteiger partial charge in [-0.05, 0) is 36.4 Å². The van der Waals surface area contributed by atoms with E-state index in [1.165, 1.54) is 17.4 Å². The number of hydrogen-bond acceptors (Lipinski definition) is 6. The van der Waals surface area contributed by atoms with Gasteiger partial charge in [0.25, 0.3) is 0 Å². The number of ether oxygens (including phenoxy) is 1. The third-order valence-electron chi connectivity index (χ3n) is 4.04. The number of anilines is 1. The summed E-state index contributed by atoms with van der Waals surface area (Å²) in [5.74, 6) is -0.269. The van der Waals surface area contributed by atoms with Gasteiger partial charge in [-0.1, -0.05) is 0 Å². The van der Waals surface area contributed by atoms with Crippen LogP contribution in [0.25, 0.3) is 0 Å². The zero-order valence-electron chi connectivity index (χ0n) is 12.1. The Hall–Kier alpha value is -1.90. The SMILES string of the molecule is O=C(Oc1ccc2c(c1)S(=O)(=O)NC1CCCN21)c1ccsc1. The monoisotopic (exact) mass is 350 g/mol. The molecule has 1 aromatic heterocycles. The summed E-state index contributed by atoms with van der Waals surface area (Å²) in [6, 6.07) is 6.43. The summed E-state index contributed by atoms with van der Waals surface area (Å²) in [4.78, 5) is 14.2. The maximum atomic E-state index is 12.4. The molecule has 0 saturated carbocycles. The molecule has 0 bridgehead atoms. The highest BCUT2D eigenvalue weighted by Crippen LogP contribution is 2.37. The van der Waals surface area contributed by atoms with Crippen molar-refractivity contribution in [2.75, 3.05) is 11.4 Å². The van der Waals surface area contributed by atoms with Crippen LogP contribution in [0.15, 0.2) is 39.9 Å². The average Bonchev–Trinajstić information content (AvgIpc) is 3.17. The van der Waals surface area contributed by atoms with E-state index >= 15 is 0 Å². The molecule has 1 saturated heterocycles. The predicted molar refractivity (Wildman–Crippen MR) is 86.4 cm³/mol. The second kappa shape index (κ2) is 5.33. The van der Waals surface area contributed by atoms with Crippen molar-refractivity contribution in [3.63, 3.8) is 0 Å². The van der Waals surface area contributed by atoms with E-state index in [-0.39, 0.29) is 16.8 Å². The molecule has 1 aromatic carbocycles. The highest BCUT2D eigenvalue weighted by molar-refractivity contribution is 7.89. The molecule has 6 nitrogen and oxygen atoms in total. The summed E-state index contributed by atoms with van der Waals surface area (Å²) in [5, 5.41) is 3.47. The van der Waals surface area contributed by atoms with Gasteiger partial charge in [0, 0.05) is 18.0 Å². The minimum absolute atomic E-state index is 0.159. The van der Waals surface area contributed by atoms with Gasteiger partial charge < -0.3 is 9.64 Å². The Bertz CT molecular complexity index is 862. The lowest BCUT2D eigenvalue weighted by Crippen LogP contribution is -2.48. The van der Waals surface area contributed by atoms with Crippen LogP contribution in [-0.2, 0) is 10.0 Å². The Morgan fingerprint density at radius 1 is 1.35 bits per heavy atom. The molecule has 3 heterocycles. The van der Waals surface area contributed by atoms with Crippen LogP contribution in [0.2, 0.25) is 0 Å². The van der Waals surface area contributed by atoms with Crippen molar-refractivity contribution >= 4 is 33.0 Å². The molecule has 1 unspecified atom stereocenters. The van der Waals surface area contributed by atoms with Crippen molar-refractivity contribution in [1.29, 1.82) is 0 Å². The summed E-state index contributed by atoms with van der Waals surface area (Å²) in [6.45, 7) is 0.814. The van der Waals surface area contributed by atoms with Crippen LogP contribution in [0.3, 0.4) is 0 Å². The van der Waals surface area contributed by atoms with Crippen LogP contribution in [0.5, 0.6) is 5.75 Å². The van der Waals surface area contributed by atoms with Gasteiger partial charge in [-0.3, -0.25) is 0 Å². The molecule has 0 radical (unpaired) electrons. The van der Waals surface area contributed by atoms with Crippen LogP contribution in [0.4, 0.5) is 5.69 Å². The van der Waals surface area contributed by atoms with E-state index in [9.17, 15) is 13.2 Å². The molecule has 1 fully saturated rings. The van der Waals surface area contributed by atoms with Crippen LogP contribution in [0, 0.1) is 0 Å². The van der Waals surface area contributed by atoms with Crippen molar-refractivity contribution in [3.05, 3.63) is 40.6 Å². The standard InChI is InChI=1S/C15H14N2O4S2/c18-15(10-5-7-22-9-10)21-11-3-4-12-13(8-11)23(19,20)16-14-2-1-6-17(12)14/h3-5,7-9,14,16H,1-2,6H2. The molecular weight excluding hydrogens is 336 g/mol. The molecule has 0 amide bonds. The lowest BCUT2D eigenvalue weighted by Gasteiger charge is -2.33. The molecule has 1 N–H and O–H groups in total. The van der Waals surface area contributed by atoms with Crippen molar-refractivity contribution < 1.29 is 17.9 Å². The van der Waals surface area contributed by atoms with Gasteiger partial charge in [-0.2, -0.15) is 16.1 Å². The Balaban J connectivity index is 1.69. The quantitative estimate of drug-likeness (QED) is 0.664. The zero-order chi connectivity index (χ0) is 16.0. The van der Waals surface area contributed by atoms with Crippen LogP contribution in [0.1, 0.15) is 23.2 Å². The van der Waals surface area contributed by atoms with Crippen molar-refractivity contribution in [1.82, 2.24) is 4.72 Å². The molecule has 0 spiro atoms. The van der Waals surface area contributed by atoms with Crippen LogP contribution >= 0.6 is 11.3 Å². The van der Waals surface area contributed by atoms with Crippen LogP contribution in [-0.4, -0.2) is 27.1 Å². The second-order valence-electron chi connectivity index (χ2n) is 5.50. The third kappa shape index (κ3) is 2.52. The third-order valence-corrected chi connectivity index (χ3v) is 6.21. The summed E-state index contributed by atoms with van der Waals surface area (Å²) in [6.07, 6.45) is 1.57. The first-order valence-corrected chi connectivity index (χ1v) is 9.65. The van der Waals surface area contributed by atoms with Gasteiger partial charge in [0.05, 0.1) is 17.4 Å². The fraction of sp³-hybridized carbons (Fsp3) is 0.267.